The molecule has 2 rings (SSSR count). The van der Waals surface area contributed by atoms with Gasteiger partial charge in [-0.15, -0.1) is 0 Å². The Kier molecular flexibility index (Phi) is 4.80. The largest absolute Gasteiger partial charge is 0.387 e. The number of rotatable bonds is 4. The third-order valence-corrected chi connectivity index (χ3v) is 4.49. The number of hydrogen-bond donors (Lipinski definition) is 1. The Bertz CT molecular complexity index is 484. The third-order valence-electron chi connectivity index (χ3n) is 4.49. The first-order valence-corrected chi connectivity index (χ1v) is 7.28. The summed E-state index contributed by atoms with van der Waals surface area (Å²) in [4.78, 5) is 0. The van der Waals surface area contributed by atoms with Gasteiger partial charge in [0.15, 0.2) is 0 Å². The lowest BCUT2D eigenvalue weighted by Gasteiger charge is -2.37. The summed E-state index contributed by atoms with van der Waals surface area (Å²) in [6.45, 7) is 2.74. The van der Waals surface area contributed by atoms with Crippen LogP contribution in [0.2, 0.25) is 0 Å². The van der Waals surface area contributed by atoms with Crippen LogP contribution in [0.4, 0.5) is 0 Å². The Hall–Kier alpha value is -1.37. The molecule has 0 bridgehead atoms. The van der Waals surface area contributed by atoms with Crippen LogP contribution in [-0.2, 0) is 11.3 Å². The molecule has 1 aliphatic rings. The van der Waals surface area contributed by atoms with Crippen LogP contribution in [0, 0.1) is 22.7 Å². The Morgan fingerprint density at radius 3 is 2.75 bits per heavy atom. The van der Waals surface area contributed by atoms with E-state index in [0.717, 1.165) is 36.8 Å². The predicted molar refractivity (Wildman–Crippen MR) is 77.8 cm³/mol. The molecule has 0 spiro atoms. The lowest BCUT2D eigenvalue weighted by atomic mass is 9.67. The molecule has 1 atom stereocenters. The fraction of sp³-hybridized carbons (Fsp3) is 0.588. The summed E-state index contributed by atoms with van der Waals surface area (Å²) < 4.78 is 5.13. The van der Waals surface area contributed by atoms with Crippen molar-refractivity contribution in [2.24, 2.45) is 11.3 Å². The summed E-state index contributed by atoms with van der Waals surface area (Å²) in [6.07, 6.45) is 2.88. The van der Waals surface area contributed by atoms with E-state index in [0.29, 0.717) is 12.5 Å². The van der Waals surface area contributed by atoms with E-state index in [9.17, 15) is 10.4 Å². The fourth-order valence-corrected chi connectivity index (χ4v) is 3.06. The van der Waals surface area contributed by atoms with Crippen LogP contribution in [0.3, 0.4) is 0 Å². The van der Waals surface area contributed by atoms with Gasteiger partial charge in [0.25, 0.3) is 0 Å². The average molecular weight is 273 g/mol. The summed E-state index contributed by atoms with van der Waals surface area (Å²) in [5, 5.41) is 20.3. The zero-order chi connectivity index (χ0) is 14.6. The minimum Gasteiger partial charge on any atom is -0.387 e. The SMILES string of the molecule is COCc1cccc(C(O)C2(C#N)CCC(C)CC2)c1. The summed E-state index contributed by atoms with van der Waals surface area (Å²) in [6, 6.07) is 10.2. The highest BCUT2D eigenvalue weighted by atomic mass is 16.5. The first-order valence-electron chi connectivity index (χ1n) is 7.28. The monoisotopic (exact) mass is 273 g/mol. The van der Waals surface area contributed by atoms with Crippen LogP contribution in [0.5, 0.6) is 0 Å². The lowest BCUT2D eigenvalue weighted by Crippen LogP contribution is -2.32. The molecule has 0 radical (unpaired) electrons. The quantitative estimate of drug-likeness (QED) is 0.912. The maximum atomic E-state index is 10.7. The second-order valence-electron chi connectivity index (χ2n) is 6.03. The van der Waals surface area contributed by atoms with Gasteiger partial charge in [-0.3, -0.25) is 0 Å². The summed E-state index contributed by atoms with van der Waals surface area (Å²) in [5.74, 6) is 0.656. The Labute approximate surface area is 121 Å². The molecule has 1 unspecified atom stereocenters. The number of benzene rings is 1. The molecular formula is C17H23NO2. The van der Waals surface area contributed by atoms with Gasteiger partial charge in [-0.2, -0.15) is 5.26 Å². The van der Waals surface area contributed by atoms with Crippen molar-refractivity contribution in [3.63, 3.8) is 0 Å². The first-order chi connectivity index (χ1) is 9.61. The molecule has 1 fully saturated rings. The van der Waals surface area contributed by atoms with E-state index in [4.69, 9.17) is 4.74 Å². The Morgan fingerprint density at radius 2 is 2.15 bits per heavy atom. The molecular weight excluding hydrogens is 250 g/mol. The van der Waals surface area contributed by atoms with Gasteiger partial charge in [-0.05, 0) is 42.7 Å². The fourth-order valence-electron chi connectivity index (χ4n) is 3.06. The molecule has 1 aromatic rings. The topological polar surface area (TPSA) is 53.2 Å². The van der Waals surface area contributed by atoms with E-state index in [-0.39, 0.29) is 0 Å². The maximum absolute atomic E-state index is 10.7. The minimum absolute atomic E-state index is 0.525. The van der Waals surface area contributed by atoms with E-state index in [2.05, 4.69) is 13.0 Å². The van der Waals surface area contributed by atoms with Crippen molar-refractivity contribution in [2.45, 2.75) is 45.3 Å². The molecule has 0 aromatic heterocycles. The van der Waals surface area contributed by atoms with E-state index in [1.165, 1.54) is 0 Å². The number of aliphatic hydroxyl groups excluding tert-OH is 1. The average Bonchev–Trinajstić information content (AvgIpc) is 2.48. The van der Waals surface area contributed by atoms with Crippen molar-refractivity contribution >= 4 is 0 Å². The third kappa shape index (κ3) is 3.03. The highest BCUT2D eigenvalue weighted by Gasteiger charge is 2.41. The van der Waals surface area contributed by atoms with E-state index < -0.39 is 11.5 Å². The zero-order valence-corrected chi connectivity index (χ0v) is 12.3. The molecule has 20 heavy (non-hydrogen) atoms. The Morgan fingerprint density at radius 1 is 1.45 bits per heavy atom. The lowest BCUT2D eigenvalue weighted by molar-refractivity contribution is 0.0265. The molecule has 1 aliphatic carbocycles. The van der Waals surface area contributed by atoms with Gasteiger partial charge in [0.1, 0.15) is 0 Å². The second-order valence-corrected chi connectivity index (χ2v) is 6.03. The van der Waals surface area contributed by atoms with Gasteiger partial charge < -0.3 is 9.84 Å². The molecule has 1 aromatic carbocycles. The number of aliphatic hydroxyl groups is 1. The normalized spacial score (nSPS) is 27.8. The molecule has 0 amide bonds. The van der Waals surface area contributed by atoms with Gasteiger partial charge >= 0.3 is 0 Å². The molecule has 108 valence electrons. The van der Waals surface area contributed by atoms with Gasteiger partial charge in [0, 0.05) is 7.11 Å². The number of methoxy groups -OCH3 is 1. The number of nitrogens with zero attached hydrogens (tertiary/aromatic N) is 1. The van der Waals surface area contributed by atoms with Gasteiger partial charge in [-0.25, -0.2) is 0 Å². The predicted octanol–water partition coefficient (Wildman–Crippen LogP) is 3.59. The van der Waals surface area contributed by atoms with Gasteiger partial charge in [0.05, 0.1) is 24.2 Å². The van der Waals surface area contributed by atoms with Crippen LogP contribution in [0.25, 0.3) is 0 Å². The van der Waals surface area contributed by atoms with E-state index in [1.54, 1.807) is 7.11 Å². The standard InChI is InChI=1S/C17H23NO2/c1-13-6-8-17(12-18,9-7-13)16(19)15-5-3-4-14(10-15)11-20-2/h3-5,10,13,16,19H,6-9,11H2,1-2H3. The maximum Gasteiger partial charge on any atom is 0.0976 e. The van der Waals surface area contributed by atoms with Crippen molar-refractivity contribution in [1.29, 1.82) is 5.26 Å². The van der Waals surface area contributed by atoms with Crippen molar-refractivity contribution in [3.05, 3.63) is 35.4 Å². The summed E-state index contributed by atoms with van der Waals surface area (Å²) in [5.41, 5.74) is 1.23. The van der Waals surface area contributed by atoms with Crippen molar-refractivity contribution < 1.29 is 9.84 Å². The molecule has 0 heterocycles. The number of ether oxygens (including phenoxy) is 1. The first kappa shape index (κ1) is 15.0. The van der Waals surface area contributed by atoms with E-state index >= 15 is 0 Å². The zero-order valence-electron chi connectivity index (χ0n) is 12.3. The molecule has 1 saturated carbocycles. The smallest absolute Gasteiger partial charge is 0.0976 e. The molecule has 1 N–H and O–H groups in total. The molecule has 3 nitrogen and oxygen atoms in total. The van der Waals surface area contributed by atoms with Gasteiger partial charge in [0.2, 0.25) is 0 Å². The van der Waals surface area contributed by atoms with Crippen molar-refractivity contribution in [2.75, 3.05) is 7.11 Å². The van der Waals surface area contributed by atoms with Crippen LogP contribution >= 0.6 is 0 Å². The molecule has 0 saturated heterocycles. The number of hydrogen-bond acceptors (Lipinski definition) is 3. The van der Waals surface area contributed by atoms with Crippen molar-refractivity contribution in [3.8, 4) is 6.07 Å². The highest BCUT2D eigenvalue weighted by Crippen LogP contribution is 2.47. The molecule has 0 aliphatic heterocycles. The summed E-state index contributed by atoms with van der Waals surface area (Å²) in [7, 11) is 1.66. The van der Waals surface area contributed by atoms with Crippen LogP contribution in [-0.4, -0.2) is 12.2 Å². The van der Waals surface area contributed by atoms with Crippen LogP contribution in [0.1, 0.15) is 49.8 Å². The Balaban J connectivity index is 2.22. The highest BCUT2D eigenvalue weighted by molar-refractivity contribution is 5.28. The van der Waals surface area contributed by atoms with E-state index in [1.807, 2.05) is 24.3 Å². The summed E-state index contributed by atoms with van der Waals surface area (Å²) >= 11 is 0. The van der Waals surface area contributed by atoms with Crippen LogP contribution in [0.15, 0.2) is 24.3 Å². The minimum atomic E-state index is -0.711. The molecule has 3 heteroatoms. The van der Waals surface area contributed by atoms with Crippen molar-refractivity contribution in [1.82, 2.24) is 0 Å². The van der Waals surface area contributed by atoms with Gasteiger partial charge in [-0.1, -0.05) is 31.2 Å². The number of nitriles is 1. The van der Waals surface area contributed by atoms with Crippen LogP contribution < -0.4 is 0 Å². The second kappa shape index (κ2) is 6.39.